The molecule has 0 unspecified atom stereocenters. The maximum atomic E-state index is 11.7. The minimum atomic E-state index is -0.937. The topological polar surface area (TPSA) is 46.5 Å². The molecule has 0 bridgehead atoms. The summed E-state index contributed by atoms with van der Waals surface area (Å²) in [5, 5.41) is 9.57. The number of carboxylic acid groups (broad SMARTS) is 1. The second-order valence-corrected chi connectivity index (χ2v) is 7.27. The summed E-state index contributed by atoms with van der Waals surface area (Å²) in [5.41, 5.74) is 6.23. The molecule has 148 valence electrons. The van der Waals surface area contributed by atoms with E-state index in [1.54, 1.807) is 12.1 Å². The lowest BCUT2D eigenvalue weighted by molar-refractivity contribution is 0.0697. The number of ether oxygens (including phenoxy) is 1. The van der Waals surface area contributed by atoms with Gasteiger partial charge in [0, 0.05) is 0 Å². The first-order valence-electron chi connectivity index (χ1n) is 9.81. The lowest BCUT2D eigenvalue weighted by Gasteiger charge is -2.11. The fourth-order valence-corrected chi connectivity index (χ4v) is 3.31. The molecule has 0 aliphatic heterocycles. The fourth-order valence-electron chi connectivity index (χ4n) is 3.31. The van der Waals surface area contributed by atoms with Crippen molar-refractivity contribution in [3.05, 3.63) is 114 Å². The van der Waals surface area contributed by atoms with Crippen molar-refractivity contribution in [2.45, 2.75) is 13.5 Å². The van der Waals surface area contributed by atoms with Gasteiger partial charge in [-0.2, -0.15) is 0 Å². The van der Waals surface area contributed by atoms with Crippen molar-refractivity contribution in [1.29, 1.82) is 0 Å². The first-order valence-corrected chi connectivity index (χ1v) is 9.81. The predicted octanol–water partition coefficient (Wildman–Crippen LogP) is 6.61. The number of aryl methyl sites for hydroxylation is 1. The number of carboxylic acids is 1. The third-order valence-electron chi connectivity index (χ3n) is 5.00. The molecular formula is C27H22O3. The summed E-state index contributed by atoms with van der Waals surface area (Å²) in [6.07, 6.45) is 0. The fraction of sp³-hybridized carbons (Fsp3) is 0.0741. The average Bonchev–Trinajstić information content (AvgIpc) is 2.79. The second-order valence-electron chi connectivity index (χ2n) is 7.27. The predicted molar refractivity (Wildman–Crippen MR) is 120 cm³/mol. The van der Waals surface area contributed by atoms with Crippen LogP contribution in [0.3, 0.4) is 0 Å². The van der Waals surface area contributed by atoms with E-state index in [2.05, 4.69) is 0 Å². The van der Waals surface area contributed by atoms with Gasteiger partial charge in [0.05, 0.1) is 5.56 Å². The SMILES string of the molecule is Cc1ccc(-c2cc(C(=O)O)cc(-c3ccc(OCc4ccccc4)cc3)c2)cc1. The zero-order valence-electron chi connectivity index (χ0n) is 16.7. The van der Waals surface area contributed by atoms with Gasteiger partial charge in [-0.1, -0.05) is 72.3 Å². The van der Waals surface area contributed by atoms with E-state index < -0.39 is 5.97 Å². The van der Waals surface area contributed by atoms with Crippen LogP contribution in [0.15, 0.2) is 97.1 Å². The highest BCUT2D eigenvalue weighted by molar-refractivity contribution is 5.92. The highest BCUT2D eigenvalue weighted by Crippen LogP contribution is 2.30. The van der Waals surface area contributed by atoms with Crippen molar-refractivity contribution < 1.29 is 14.6 Å². The van der Waals surface area contributed by atoms with E-state index in [1.807, 2.05) is 91.9 Å². The molecule has 0 aliphatic carbocycles. The number of aromatic carboxylic acids is 1. The third-order valence-corrected chi connectivity index (χ3v) is 5.00. The molecule has 0 aromatic heterocycles. The van der Waals surface area contributed by atoms with Gasteiger partial charge in [-0.05, 0) is 65.1 Å². The Hall–Kier alpha value is -3.85. The second kappa shape index (κ2) is 8.66. The zero-order chi connectivity index (χ0) is 20.9. The van der Waals surface area contributed by atoms with Gasteiger partial charge in [0.2, 0.25) is 0 Å². The highest BCUT2D eigenvalue weighted by Gasteiger charge is 2.10. The molecule has 1 N–H and O–H groups in total. The van der Waals surface area contributed by atoms with E-state index in [4.69, 9.17) is 4.74 Å². The van der Waals surface area contributed by atoms with Crippen LogP contribution in [0.2, 0.25) is 0 Å². The van der Waals surface area contributed by atoms with Crippen molar-refractivity contribution in [2.24, 2.45) is 0 Å². The summed E-state index contributed by atoms with van der Waals surface area (Å²) < 4.78 is 5.85. The van der Waals surface area contributed by atoms with Gasteiger partial charge in [-0.25, -0.2) is 4.79 Å². The van der Waals surface area contributed by atoms with Crippen molar-refractivity contribution in [1.82, 2.24) is 0 Å². The Kier molecular flexibility index (Phi) is 5.62. The number of carbonyl (C=O) groups is 1. The van der Waals surface area contributed by atoms with Crippen LogP contribution in [0, 0.1) is 6.92 Å². The normalized spacial score (nSPS) is 10.6. The van der Waals surface area contributed by atoms with E-state index in [0.717, 1.165) is 33.6 Å². The Bertz CT molecular complexity index is 1150. The van der Waals surface area contributed by atoms with Crippen molar-refractivity contribution in [3.63, 3.8) is 0 Å². The monoisotopic (exact) mass is 394 g/mol. The van der Waals surface area contributed by atoms with Crippen LogP contribution >= 0.6 is 0 Å². The Morgan fingerprint density at radius 1 is 0.733 bits per heavy atom. The standard InChI is InChI=1S/C27H22O3/c1-19-7-9-21(10-8-19)23-15-24(17-25(16-23)27(28)29)22-11-13-26(14-12-22)30-18-20-5-3-2-4-6-20/h2-17H,18H2,1H3,(H,28,29). The molecular weight excluding hydrogens is 372 g/mol. The molecule has 0 heterocycles. The summed E-state index contributed by atoms with van der Waals surface area (Å²) in [6.45, 7) is 2.54. The van der Waals surface area contributed by atoms with Gasteiger partial charge in [0.25, 0.3) is 0 Å². The molecule has 0 aliphatic rings. The summed E-state index contributed by atoms with van der Waals surface area (Å²) >= 11 is 0. The van der Waals surface area contributed by atoms with Gasteiger partial charge in [-0.3, -0.25) is 0 Å². The Morgan fingerprint density at radius 3 is 1.87 bits per heavy atom. The molecule has 0 saturated carbocycles. The quantitative estimate of drug-likeness (QED) is 0.400. The Labute approximate surface area is 176 Å². The molecule has 0 atom stereocenters. The van der Waals surface area contributed by atoms with Crippen LogP contribution in [0.4, 0.5) is 0 Å². The van der Waals surface area contributed by atoms with Gasteiger partial charge < -0.3 is 9.84 Å². The maximum absolute atomic E-state index is 11.7. The van der Waals surface area contributed by atoms with Crippen LogP contribution in [0.5, 0.6) is 5.75 Å². The highest BCUT2D eigenvalue weighted by atomic mass is 16.5. The third kappa shape index (κ3) is 4.58. The number of benzene rings is 4. The van der Waals surface area contributed by atoms with E-state index >= 15 is 0 Å². The minimum absolute atomic E-state index is 0.271. The molecule has 0 fully saturated rings. The Morgan fingerprint density at radius 2 is 1.30 bits per heavy atom. The molecule has 0 radical (unpaired) electrons. The molecule has 3 heteroatoms. The Balaban J connectivity index is 1.61. The van der Waals surface area contributed by atoms with Gasteiger partial charge in [0.15, 0.2) is 0 Å². The summed E-state index contributed by atoms with van der Waals surface area (Å²) in [6, 6.07) is 31.3. The van der Waals surface area contributed by atoms with Crippen LogP contribution < -0.4 is 4.74 Å². The molecule has 0 saturated heterocycles. The van der Waals surface area contributed by atoms with Gasteiger partial charge >= 0.3 is 5.97 Å². The molecule has 30 heavy (non-hydrogen) atoms. The van der Waals surface area contributed by atoms with E-state index in [9.17, 15) is 9.90 Å². The summed E-state index contributed by atoms with van der Waals surface area (Å²) in [4.78, 5) is 11.7. The first kappa shape index (κ1) is 19.5. The van der Waals surface area contributed by atoms with Gasteiger partial charge in [0.1, 0.15) is 12.4 Å². The summed E-state index contributed by atoms with van der Waals surface area (Å²) in [7, 11) is 0. The summed E-state index contributed by atoms with van der Waals surface area (Å²) in [5.74, 6) is -0.163. The average molecular weight is 394 g/mol. The number of hydrogen-bond donors (Lipinski definition) is 1. The van der Waals surface area contributed by atoms with E-state index in [-0.39, 0.29) is 5.56 Å². The lowest BCUT2D eigenvalue weighted by atomic mass is 9.95. The van der Waals surface area contributed by atoms with E-state index in [1.165, 1.54) is 5.56 Å². The van der Waals surface area contributed by atoms with Crippen molar-refractivity contribution in [3.8, 4) is 28.0 Å². The zero-order valence-corrected chi connectivity index (χ0v) is 16.7. The van der Waals surface area contributed by atoms with Crippen molar-refractivity contribution >= 4 is 5.97 Å². The molecule has 4 aromatic carbocycles. The van der Waals surface area contributed by atoms with Crippen molar-refractivity contribution in [2.75, 3.05) is 0 Å². The molecule has 4 aromatic rings. The van der Waals surface area contributed by atoms with Gasteiger partial charge in [-0.15, -0.1) is 0 Å². The van der Waals surface area contributed by atoms with Crippen LogP contribution in [-0.4, -0.2) is 11.1 Å². The van der Waals surface area contributed by atoms with Crippen LogP contribution in [0.1, 0.15) is 21.5 Å². The largest absolute Gasteiger partial charge is 0.489 e. The first-order chi connectivity index (χ1) is 14.6. The number of rotatable bonds is 6. The van der Waals surface area contributed by atoms with Crippen LogP contribution in [-0.2, 0) is 6.61 Å². The molecule has 0 spiro atoms. The lowest BCUT2D eigenvalue weighted by Crippen LogP contribution is -1.98. The molecule has 4 rings (SSSR count). The minimum Gasteiger partial charge on any atom is -0.489 e. The molecule has 0 amide bonds. The molecule has 3 nitrogen and oxygen atoms in total. The van der Waals surface area contributed by atoms with Crippen LogP contribution in [0.25, 0.3) is 22.3 Å². The maximum Gasteiger partial charge on any atom is 0.335 e. The van der Waals surface area contributed by atoms with E-state index in [0.29, 0.717) is 6.61 Å². The number of hydrogen-bond acceptors (Lipinski definition) is 2. The smallest absolute Gasteiger partial charge is 0.335 e.